The van der Waals surface area contributed by atoms with Gasteiger partial charge in [-0.2, -0.15) is 26.3 Å². The van der Waals surface area contributed by atoms with Gasteiger partial charge in [0, 0.05) is 0 Å². The van der Waals surface area contributed by atoms with Crippen LogP contribution in [-0.4, -0.2) is 29.8 Å². The minimum absolute atomic E-state index is 0.795. The molecular weight excluding hydrogens is 264 g/mol. The van der Waals surface area contributed by atoms with Crippen LogP contribution in [0.5, 0.6) is 0 Å². The number of rotatable bonds is 1. The van der Waals surface area contributed by atoms with Crippen molar-refractivity contribution in [2.75, 3.05) is 0 Å². The Morgan fingerprint density at radius 2 is 1.53 bits per heavy atom. The molecule has 0 aromatic heterocycles. The van der Waals surface area contributed by atoms with E-state index in [1.54, 1.807) is 0 Å². The van der Waals surface area contributed by atoms with Crippen molar-refractivity contribution in [2.24, 2.45) is 0 Å². The van der Waals surface area contributed by atoms with Crippen molar-refractivity contribution >= 4 is 0 Å². The summed E-state index contributed by atoms with van der Waals surface area (Å²) in [6.45, 7) is 2.01. The summed E-state index contributed by atoms with van der Waals surface area (Å²) >= 11 is 0. The minimum atomic E-state index is -6.08. The quantitative estimate of drug-likeness (QED) is 0.664. The Balaban J connectivity index is 3.35. The van der Waals surface area contributed by atoms with Gasteiger partial charge in [-0.15, -0.1) is 0 Å². The molecule has 0 aromatic rings. The van der Waals surface area contributed by atoms with Crippen LogP contribution in [0.15, 0.2) is 0 Å². The highest BCUT2D eigenvalue weighted by Crippen LogP contribution is 2.59. The van der Waals surface area contributed by atoms with Gasteiger partial charge >= 0.3 is 12.4 Å². The first-order valence-electron chi connectivity index (χ1n) is 4.22. The van der Waals surface area contributed by atoms with Gasteiger partial charge in [-0.1, -0.05) is 6.92 Å². The van der Waals surface area contributed by atoms with Gasteiger partial charge in [0.05, 0.1) is 0 Å². The molecule has 1 rings (SSSR count). The van der Waals surface area contributed by atoms with Crippen LogP contribution in [0.4, 0.5) is 35.1 Å². The molecule has 0 N–H and O–H groups in total. The zero-order valence-corrected chi connectivity index (χ0v) is 8.00. The molecule has 1 nitrogen and oxygen atoms in total. The van der Waals surface area contributed by atoms with Crippen LogP contribution in [-0.2, 0) is 4.74 Å². The third-order valence-electron chi connectivity index (χ3n) is 2.46. The van der Waals surface area contributed by atoms with E-state index in [1.165, 1.54) is 0 Å². The lowest BCUT2D eigenvalue weighted by Gasteiger charge is -2.36. The Bertz CT molecular complexity index is 297. The molecule has 3 atom stereocenters. The van der Waals surface area contributed by atoms with Gasteiger partial charge in [-0.05, 0) is 6.42 Å². The first kappa shape index (κ1) is 14.5. The second-order valence-electron chi connectivity index (χ2n) is 3.45. The monoisotopic (exact) mass is 270 g/mol. The van der Waals surface area contributed by atoms with Crippen LogP contribution < -0.4 is 0 Å². The molecule has 0 aliphatic carbocycles. The topological polar surface area (TPSA) is 9.23 Å². The largest absolute Gasteiger partial charge is 0.428 e. The molecule has 3 unspecified atom stereocenters. The van der Waals surface area contributed by atoms with E-state index < -0.39 is 42.8 Å². The Hall–Kier alpha value is -0.600. The molecule has 100 valence electrons. The van der Waals surface area contributed by atoms with Gasteiger partial charge in [0.1, 0.15) is 12.7 Å². The summed E-state index contributed by atoms with van der Waals surface area (Å²) in [5, 5.41) is 0. The summed E-state index contributed by atoms with van der Waals surface area (Å²) in [5.41, 5.74) is -10.4. The first-order valence-corrected chi connectivity index (χ1v) is 4.22. The zero-order valence-electron chi connectivity index (χ0n) is 8.00. The lowest BCUT2D eigenvalue weighted by atomic mass is 9.82. The maximum Gasteiger partial charge on any atom is 0.428 e. The summed E-state index contributed by atoms with van der Waals surface area (Å²) in [6.07, 6.45) is -15.8. The highest BCUT2D eigenvalue weighted by atomic mass is 19.4. The molecule has 0 spiro atoms. The maximum atomic E-state index is 13.6. The van der Waals surface area contributed by atoms with Crippen LogP contribution in [0.1, 0.15) is 6.42 Å². The number of hydrogen-bond acceptors (Lipinski definition) is 1. The second kappa shape index (κ2) is 3.69. The zero-order chi connectivity index (χ0) is 13.7. The van der Waals surface area contributed by atoms with Crippen molar-refractivity contribution in [3.05, 3.63) is 13.5 Å². The fraction of sp³-hybridized carbons (Fsp3) is 0.750. The van der Waals surface area contributed by atoms with Gasteiger partial charge in [-0.25, -0.2) is 8.78 Å². The molecule has 2 radical (unpaired) electrons. The Morgan fingerprint density at radius 3 is 1.82 bits per heavy atom. The van der Waals surface area contributed by atoms with Gasteiger partial charge in [0.2, 0.25) is 0 Å². The molecule has 1 heterocycles. The van der Waals surface area contributed by atoms with Crippen LogP contribution in [0, 0.1) is 13.5 Å². The average Bonchev–Trinajstić information content (AvgIpc) is 2.40. The Morgan fingerprint density at radius 1 is 1.06 bits per heavy atom. The summed E-state index contributed by atoms with van der Waals surface area (Å²) in [5.74, 6) is 0. The van der Waals surface area contributed by atoms with Crippen molar-refractivity contribution in [3.63, 3.8) is 0 Å². The summed E-state index contributed by atoms with van der Waals surface area (Å²) in [6, 6.07) is 0. The van der Waals surface area contributed by atoms with Crippen molar-refractivity contribution < 1.29 is 39.9 Å². The van der Waals surface area contributed by atoms with Crippen molar-refractivity contribution in [3.8, 4) is 0 Å². The molecule has 0 amide bonds. The van der Waals surface area contributed by atoms with E-state index in [0.717, 1.165) is 0 Å². The minimum Gasteiger partial charge on any atom is -0.364 e. The molecule has 1 saturated heterocycles. The fourth-order valence-electron chi connectivity index (χ4n) is 1.52. The van der Waals surface area contributed by atoms with E-state index in [0.29, 0.717) is 0 Å². The van der Waals surface area contributed by atoms with E-state index in [1.807, 2.05) is 0 Å². The highest BCUT2D eigenvalue weighted by Gasteiger charge is 2.85. The molecule has 1 fully saturated rings. The SMILES string of the molecule is [CH2]CC1O[CH]C(F)(C(F)(F)F)C1(F)C(F)(F)F. The maximum absolute atomic E-state index is 13.6. The van der Waals surface area contributed by atoms with Gasteiger partial charge in [0.25, 0.3) is 11.3 Å². The predicted octanol–water partition coefficient (Wildman–Crippen LogP) is 3.31. The van der Waals surface area contributed by atoms with Gasteiger partial charge < -0.3 is 4.74 Å². The molecule has 17 heavy (non-hydrogen) atoms. The predicted molar refractivity (Wildman–Crippen MR) is 38.9 cm³/mol. The molecule has 0 aromatic carbocycles. The first-order chi connectivity index (χ1) is 7.42. The van der Waals surface area contributed by atoms with E-state index in [4.69, 9.17) is 0 Å². The van der Waals surface area contributed by atoms with E-state index in [-0.39, 0.29) is 0 Å². The molecule has 1 aliphatic heterocycles. The molecular formula is C8H6F8O. The standard InChI is InChI=1S/C8H6F8O/c1-2-4-6(10,8(14,15)16)5(9,3-17-4)7(11,12)13/h3-4H,1-2H2. The van der Waals surface area contributed by atoms with Crippen LogP contribution in [0.2, 0.25) is 0 Å². The molecule has 1 aliphatic rings. The molecule has 9 heteroatoms. The third kappa shape index (κ3) is 1.69. The van der Waals surface area contributed by atoms with Crippen LogP contribution >= 0.6 is 0 Å². The summed E-state index contributed by atoms with van der Waals surface area (Å²) in [7, 11) is 0. The van der Waals surface area contributed by atoms with Crippen molar-refractivity contribution in [1.29, 1.82) is 0 Å². The van der Waals surface area contributed by atoms with Crippen molar-refractivity contribution in [2.45, 2.75) is 36.2 Å². The van der Waals surface area contributed by atoms with Crippen molar-refractivity contribution in [1.82, 2.24) is 0 Å². The van der Waals surface area contributed by atoms with E-state index in [9.17, 15) is 35.1 Å². The molecule has 0 bridgehead atoms. The lowest BCUT2D eigenvalue weighted by molar-refractivity contribution is -0.328. The normalized spacial score (nSPS) is 39.7. The number of alkyl halides is 8. The average molecular weight is 270 g/mol. The molecule has 0 saturated carbocycles. The summed E-state index contributed by atoms with van der Waals surface area (Å²) < 4.78 is 105. The number of halogens is 8. The Kier molecular flexibility index (Phi) is 3.14. The number of ether oxygens (including phenoxy) is 1. The van der Waals surface area contributed by atoms with Crippen LogP contribution in [0.25, 0.3) is 0 Å². The van der Waals surface area contributed by atoms with Crippen LogP contribution in [0.3, 0.4) is 0 Å². The summed E-state index contributed by atoms with van der Waals surface area (Å²) in [4.78, 5) is 0. The Labute approximate surface area is 90.7 Å². The van der Waals surface area contributed by atoms with E-state index >= 15 is 0 Å². The fourth-order valence-corrected chi connectivity index (χ4v) is 1.52. The van der Waals surface area contributed by atoms with Gasteiger partial charge in [-0.3, -0.25) is 0 Å². The smallest absolute Gasteiger partial charge is 0.364 e. The third-order valence-corrected chi connectivity index (χ3v) is 2.46. The second-order valence-corrected chi connectivity index (χ2v) is 3.45. The van der Waals surface area contributed by atoms with Gasteiger partial charge in [0.15, 0.2) is 0 Å². The lowest BCUT2D eigenvalue weighted by Crippen LogP contribution is -2.65. The highest BCUT2D eigenvalue weighted by molar-refractivity contribution is 5.22. The number of hydrogen-bond donors (Lipinski definition) is 0. The van der Waals surface area contributed by atoms with E-state index in [2.05, 4.69) is 11.7 Å².